The molecule has 2 heterocycles. The van der Waals surface area contributed by atoms with Crippen LogP contribution in [0.2, 0.25) is 0 Å². The van der Waals surface area contributed by atoms with E-state index in [4.69, 9.17) is 4.42 Å². The zero-order valence-corrected chi connectivity index (χ0v) is 10.3. The maximum absolute atomic E-state index is 13.2. The van der Waals surface area contributed by atoms with E-state index >= 15 is 0 Å². The largest absolute Gasteiger partial charge is 0.458 e. The number of halogens is 1. The quantitative estimate of drug-likeness (QED) is 0.766. The smallest absolute Gasteiger partial charge is 0.146 e. The van der Waals surface area contributed by atoms with E-state index in [0.717, 1.165) is 11.6 Å². The molecule has 2 aromatic heterocycles. The lowest BCUT2D eigenvalue weighted by Crippen LogP contribution is -2.22. The van der Waals surface area contributed by atoms with Gasteiger partial charge in [0.25, 0.3) is 0 Å². The van der Waals surface area contributed by atoms with Crippen LogP contribution in [0.25, 0.3) is 11.0 Å². The molecule has 3 nitrogen and oxygen atoms in total. The number of hydrogen-bond donors (Lipinski definition) is 1. The van der Waals surface area contributed by atoms with Crippen molar-refractivity contribution in [3.05, 3.63) is 65.9 Å². The van der Waals surface area contributed by atoms with E-state index in [2.05, 4.69) is 4.98 Å². The molecule has 0 saturated carbocycles. The number of nitrogens with zero attached hydrogens (tertiary/aromatic N) is 1. The highest BCUT2D eigenvalue weighted by Gasteiger charge is 2.30. The van der Waals surface area contributed by atoms with Gasteiger partial charge in [-0.15, -0.1) is 0 Å². The van der Waals surface area contributed by atoms with Crippen LogP contribution >= 0.6 is 0 Å². The second-order valence-corrected chi connectivity index (χ2v) is 4.61. The van der Waals surface area contributed by atoms with Gasteiger partial charge in [0, 0.05) is 17.1 Å². The molecule has 96 valence electrons. The normalized spacial score (nSPS) is 14.5. The highest BCUT2D eigenvalue weighted by Crippen LogP contribution is 2.33. The summed E-state index contributed by atoms with van der Waals surface area (Å²) in [6.45, 7) is 1.56. The zero-order valence-electron chi connectivity index (χ0n) is 10.3. The molecule has 0 radical (unpaired) electrons. The van der Waals surface area contributed by atoms with E-state index in [0.29, 0.717) is 16.9 Å². The third kappa shape index (κ3) is 2.00. The standard InChI is InChI=1S/C15H12FNO2/c1-15(18,11-7-12(16)9-17-8-11)14-6-10-4-2-3-5-13(10)19-14/h2-9,18H,1H3. The number of para-hydroxylation sites is 1. The summed E-state index contributed by atoms with van der Waals surface area (Å²) in [4.78, 5) is 3.75. The molecule has 1 atom stereocenters. The minimum Gasteiger partial charge on any atom is -0.458 e. The van der Waals surface area contributed by atoms with Gasteiger partial charge in [0.05, 0.1) is 6.20 Å². The molecule has 0 fully saturated rings. The summed E-state index contributed by atoms with van der Waals surface area (Å²) in [6.07, 6.45) is 2.52. The summed E-state index contributed by atoms with van der Waals surface area (Å²) in [5.41, 5.74) is -0.387. The van der Waals surface area contributed by atoms with E-state index in [9.17, 15) is 9.50 Å². The van der Waals surface area contributed by atoms with Crippen molar-refractivity contribution in [1.82, 2.24) is 4.98 Å². The van der Waals surface area contributed by atoms with Crippen molar-refractivity contribution in [3.63, 3.8) is 0 Å². The van der Waals surface area contributed by atoms with Crippen LogP contribution in [0.4, 0.5) is 4.39 Å². The van der Waals surface area contributed by atoms with Crippen LogP contribution in [-0.2, 0) is 5.60 Å². The van der Waals surface area contributed by atoms with Gasteiger partial charge in [-0.2, -0.15) is 0 Å². The lowest BCUT2D eigenvalue weighted by atomic mass is 9.95. The van der Waals surface area contributed by atoms with Gasteiger partial charge in [0.15, 0.2) is 0 Å². The van der Waals surface area contributed by atoms with Crippen LogP contribution in [0, 0.1) is 5.82 Å². The van der Waals surface area contributed by atoms with Gasteiger partial charge in [0.2, 0.25) is 0 Å². The van der Waals surface area contributed by atoms with Crippen LogP contribution in [-0.4, -0.2) is 10.1 Å². The first kappa shape index (κ1) is 11.9. The van der Waals surface area contributed by atoms with Crippen molar-refractivity contribution in [2.45, 2.75) is 12.5 Å². The van der Waals surface area contributed by atoms with Gasteiger partial charge in [-0.05, 0) is 25.1 Å². The lowest BCUT2D eigenvalue weighted by molar-refractivity contribution is 0.0779. The monoisotopic (exact) mass is 257 g/mol. The van der Waals surface area contributed by atoms with Crippen molar-refractivity contribution in [2.24, 2.45) is 0 Å². The number of fused-ring (bicyclic) bond motifs is 1. The highest BCUT2D eigenvalue weighted by molar-refractivity contribution is 5.78. The van der Waals surface area contributed by atoms with E-state index in [-0.39, 0.29) is 0 Å². The van der Waals surface area contributed by atoms with E-state index < -0.39 is 11.4 Å². The summed E-state index contributed by atoms with van der Waals surface area (Å²) in [6, 6.07) is 10.5. The van der Waals surface area contributed by atoms with Crippen molar-refractivity contribution in [1.29, 1.82) is 0 Å². The Morgan fingerprint density at radius 2 is 2.00 bits per heavy atom. The average molecular weight is 257 g/mol. The molecule has 0 spiro atoms. The van der Waals surface area contributed by atoms with E-state index in [1.165, 1.54) is 12.3 Å². The number of furan rings is 1. The number of aliphatic hydroxyl groups is 1. The molecule has 1 N–H and O–H groups in total. The Kier molecular flexibility index (Phi) is 2.61. The topological polar surface area (TPSA) is 46.3 Å². The van der Waals surface area contributed by atoms with Crippen LogP contribution in [0.15, 0.2) is 53.2 Å². The molecule has 19 heavy (non-hydrogen) atoms. The summed E-state index contributed by atoms with van der Waals surface area (Å²) in [5, 5.41) is 11.5. The number of rotatable bonds is 2. The highest BCUT2D eigenvalue weighted by atomic mass is 19.1. The predicted molar refractivity (Wildman–Crippen MR) is 69.1 cm³/mol. The van der Waals surface area contributed by atoms with Gasteiger partial charge >= 0.3 is 0 Å². The van der Waals surface area contributed by atoms with Gasteiger partial charge in [-0.3, -0.25) is 4.98 Å². The van der Waals surface area contributed by atoms with Crippen molar-refractivity contribution >= 4 is 11.0 Å². The average Bonchev–Trinajstić information content (AvgIpc) is 2.83. The maximum atomic E-state index is 13.2. The fraction of sp³-hybridized carbons (Fsp3) is 0.133. The Labute approximate surface area is 109 Å². The summed E-state index contributed by atoms with van der Waals surface area (Å²) < 4.78 is 18.8. The summed E-state index contributed by atoms with van der Waals surface area (Å²) >= 11 is 0. The first-order valence-electron chi connectivity index (χ1n) is 5.90. The van der Waals surface area contributed by atoms with Gasteiger partial charge in [-0.1, -0.05) is 18.2 Å². The fourth-order valence-electron chi connectivity index (χ4n) is 2.04. The first-order chi connectivity index (χ1) is 9.07. The SMILES string of the molecule is CC(O)(c1cncc(F)c1)c1cc2ccccc2o1. The van der Waals surface area contributed by atoms with Crippen LogP contribution in [0.3, 0.4) is 0 Å². The van der Waals surface area contributed by atoms with Crippen LogP contribution in [0.5, 0.6) is 0 Å². The molecule has 1 unspecified atom stereocenters. The lowest BCUT2D eigenvalue weighted by Gasteiger charge is -2.20. The zero-order chi connectivity index (χ0) is 13.5. The summed E-state index contributed by atoms with van der Waals surface area (Å²) in [7, 11) is 0. The molecule has 1 aromatic carbocycles. The van der Waals surface area contributed by atoms with Crippen molar-refractivity contribution < 1.29 is 13.9 Å². The number of aromatic nitrogens is 1. The molecule has 0 aliphatic carbocycles. The van der Waals surface area contributed by atoms with E-state index in [1.54, 1.807) is 13.0 Å². The molecule has 3 rings (SSSR count). The van der Waals surface area contributed by atoms with E-state index in [1.807, 2.05) is 24.3 Å². The van der Waals surface area contributed by atoms with Gasteiger partial charge in [0.1, 0.15) is 22.8 Å². The molecule has 0 amide bonds. The molecule has 0 aliphatic heterocycles. The first-order valence-corrected chi connectivity index (χ1v) is 5.90. The summed E-state index contributed by atoms with van der Waals surface area (Å²) in [5.74, 6) is -0.130. The minimum absolute atomic E-state index is 0.353. The Hall–Kier alpha value is -2.20. The Morgan fingerprint density at radius 1 is 1.21 bits per heavy atom. The van der Waals surface area contributed by atoms with Gasteiger partial charge < -0.3 is 9.52 Å². The Bertz CT molecular complexity index is 701. The third-order valence-electron chi connectivity index (χ3n) is 3.17. The second-order valence-electron chi connectivity index (χ2n) is 4.61. The molecule has 4 heteroatoms. The van der Waals surface area contributed by atoms with Crippen LogP contribution in [0.1, 0.15) is 18.2 Å². The molecular weight excluding hydrogens is 245 g/mol. The van der Waals surface area contributed by atoms with Crippen LogP contribution < -0.4 is 0 Å². The van der Waals surface area contributed by atoms with Gasteiger partial charge in [-0.25, -0.2) is 4.39 Å². The fourth-order valence-corrected chi connectivity index (χ4v) is 2.04. The van der Waals surface area contributed by atoms with Crippen molar-refractivity contribution in [2.75, 3.05) is 0 Å². The second kappa shape index (κ2) is 4.17. The number of benzene rings is 1. The molecule has 3 aromatic rings. The molecule has 0 bridgehead atoms. The molecular formula is C15H12FNO2. The van der Waals surface area contributed by atoms with Crippen molar-refractivity contribution in [3.8, 4) is 0 Å². The number of hydrogen-bond acceptors (Lipinski definition) is 3. The Balaban J connectivity index is 2.13. The molecule has 0 saturated heterocycles. The predicted octanol–water partition coefficient (Wildman–Crippen LogP) is 3.22. The molecule has 0 aliphatic rings. The maximum Gasteiger partial charge on any atom is 0.146 e. The minimum atomic E-state index is -1.42. The third-order valence-corrected chi connectivity index (χ3v) is 3.17. The number of pyridine rings is 1. The Morgan fingerprint density at radius 3 is 2.74 bits per heavy atom.